The van der Waals surface area contributed by atoms with Crippen LogP contribution in [0.25, 0.3) is 0 Å². The van der Waals surface area contributed by atoms with Crippen molar-refractivity contribution in [3.8, 4) is 5.75 Å². The van der Waals surface area contributed by atoms with Gasteiger partial charge >= 0.3 is 5.97 Å². The molecule has 1 unspecified atom stereocenters. The first-order chi connectivity index (χ1) is 7.88. The van der Waals surface area contributed by atoms with Crippen LogP contribution in [0.1, 0.15) is 37.0 Å². The summed E-state index contributed by atoms with van der Waals surface area (Å²) < 4.78 is 4.40. The maximum Gasteiger partial charge on any atom is 0.339 e. The number of carbonyl (C=O) groups is 1. The lowest BCUT2D eigenvalue weighted by Crippen LogP contribution is -2.13. The van der Waals surface area contributed by atoms with Gasteiger partial charge in [0.2, 0.25) is 0 Å². The molecule has 0 heterocycles. The van der Waals surface area contributed by atoms with Crippen LogP contribution in [0.3, 0.4) is 0 Å². The van der Waals surface area contributed by atoms with E-state index in [-0.39, 0.29) is 17.2 Å². The van der Waals surface area contributed by atoms with Crippen LogP contribution < -0.4 is 0 Å². The van der Waals surface area contributed by atoms with Gasteiger partial charge < -0.3 is 14.9 Å². The summed E-state index contributed by atoms with van der Waals surface area (Å²) in [6.07, 6.45) is -1.53. The molecule has 0 aliphatic heterocycles. The van der Waals surface area contributed by atoms with Crippen LogP contribution in [-0.4, -0.2) is 23.3 Å². The van der Waals surface area contributed by atoms with E-state index in [1.807, 2.05) is 13.8 Å². The van der Waals surface area contributed by atoms with Gasteiger partial charge in [-0.15, -0.1) is 0 Å². The molecule has 1 aromatic rings. The van der Waals surface area contributed by atoms with Gasteiger partial charge in [0.15, 0.2) is 6.10 Å². The van der Waals surface area contributed by atoms with Gasteiger partial charge in [-0.05, 0) is 23.6 Å². The number of aromatic hydroxyl groups is 1. The Morgan fingerprint density at radius 3 is 2.41 bits per heavy atom. The molecular weight excluding hydrogens is 244 g/mol. The molecule has 1 rings (SSSR count). The maximum atomic E-state index is 11.2. The minimum Gasteiger partial charge on any atom is -0.508 e. The summed E-state index contributed by atoms with van der Waals surface area (Å²) in [5.74, 6) is -0.873. The Morgan fingerprint density at radius 2 is 1.94 bits per heavy atom. The molecule has 0 amide bonds. The highest BCUT2D eigenvalue weighted by Crippen LogP contribution is 2.34. The second-order valence-corrected chi connectivity index (χ2v) is 4.42. The normalized spacial score (nSPS) is 12.6. The van der Waals surface area contributed by atoms with E-state index in [0.29, 0.717) is 5.02 Å². The highest BCUT2D eigenvalue weighted by atomic mass is 35.5. The molecule has 0 saturated carbocycles. The molecular formula is C12H15ClO4. The smallest absolute Gasteiger partial charge is 0.339 e. The summed E-state index contributed by atoms with van der Waals surface area (Å²) in [4.78, 5) is 11.2. The Hall–Kier alpha value is -1.26. The second kappa shape index (κ2) is 5.38. The van der Waals surface area contributed by atoms with Gasteiger partial charge in [0.1, 0.15) is 5.75 Å². The number of rotatable bonds is 3. The topological polar surface area (TPSA) is 66.8 Å². The lowest BCUT2D eigenvalue weighted by atomic mass is 9.98. The van der Waals surface area contributed by atoms with Gasteiger partial charge in [-0.1, -0.05) is 25.4 Å². The number of benzene rings is 1. The third kappa shape index (κ3) is 2.90. The summed E-state index contributed by atoms with van der Waals surface area (Å²) in [5.41, 5.74) is 0.802. The molecule has 17 heavy (non-hydrogen) atoms. The minimum atomic E-state index is -1.53. The second-order valence-electron chi connectivity index (χ2n) is 4.01. The number of halogens is 1. The molecule has 1 aromatic carbocycles. The number of esters is 1. The quantitative estimate of drug-likeness (QED) is 0.817. The van der Waals surface area contributed by atoms with E-state index in [1.54, 1.807) is 0 Å². The fourth-order valence-electron chi connectivity index (χ4n) is 1.49. The maximum absolute atomic E-state index is 11.2. The molecule has 0 bridgehead atoms. The molecule has 0 spiro atoms. The van der Waals surface area contributed by atoms with Gasteiger partial charge in [0.25, 0.3) is 0 Å². The number of hydrogen-bond donors (Lipinski definition) is 2. The predicted molar refractivity (Wildman–Crippen MR) is 64.2 cm³/mol. The van der Waals surface area contributed by atoms with Crippen LogP contribution in [0.2, 0.25) is 5.02 Å². The van der Waals surface area contributed by atoms with Gasteiger partial charge in [-0.3, -0.25) is 0 Å². The average Bonchev–Trinajstić information content (AvgIpc) is 2.29. The lowest BCUT2D eigenvalue weighted by molar-refractivity contribution is -0.150. The number of phenolic OH excluding ortho intramolecular Hbond substituents is 1. The zero-order valence-corrected chi connectivity index (χ0v) is 10.7. The van der Waals surface area contributed by atoms with E-state index in [2.05, 4.69) is 4.74 Å². The van der Waals surface area contributed by atoms with Gasteiger partial charge in [0, 0.05) is 10.6 Å². The van der Waals surface area contributed by atoms with E-state index in [1.165, 1.54) is 12.1 Å². The van der Waals surface area contributed by atoms with E-state index in [4.69, 9.17) is 11.6 Å². The first-order valence-corrected chi connectivity index (χ1v) is 5.54. The molecule has 2 N–H and O–H groups in total. The van der Waals surface area contributed by atoms with Crippen molar-refractivity contribution in [3.63, 3.8) is 0 Å². The zero-order chi connectivity index (χ0) is 13.2. The van der Waals surface area contributed by atoms with Crippen LogP contribution >= 0.6 is 11.6 Å². The van der Waals surface area contributed by atoms with Crippen molar-refractivity contribution < 1.29 is 19.7 Å². The van der Waals surface area contributed by atoms with Crippen LogP contribution in [0, 0.1) is 0 Å². The first-order valence-electron chi connectivity index (χ1n) is 5.16. The summed E-state index contributed by atoms with van der Waals surface area (Å²) in [6, 6.07) is 2.84. The largest absolute Gasteiger partial charge is 0.508 e. The van der Waals surface area contributed by atoms with Gasteiger partial charge in [0.05, 0.1) is 7.11 Å². The first kappa shape index (κ1) is 13.8. The van der Waals surface area contributed by atoms with Crippen LogP contribution in [0.4, 0.5) is 0 Å². The average molecular weight is 259 g/mol. The number of hydrogen-bond acceptors (Lipinski definition) is 4. The lowest BCUT2D eigenvalue weighted by Gasteiger charge is -2.15. The van der Waals surface area contributed by atoms with Crippen molar-refractivity contribution in [2.45, 2.75) is 25.9 Å². The van der Waals surface area contributed by atoms with Crippen LogP contribution in [-0.2, 0) is 9.53 Å². The van der Waals surface area contributed by atoms with Gasteiger partial charge in [-0.2, -0.15) is 0 Å². The Kier molecular flexibility index (Phi) is 4.37. The summed E-state index contributed by atoms with van der Waals surface area (Å²) in [6.45, 7) is 3.86. The molecule has 0 saturated heterocycles. The standard InChI is InChI=1S/C12H15ClO4/c1-6(2)7-5-10(14)8(4-9(7)13)11(15)12(16)17-3/h4-6,11,14-15H,1-3H3. The fraction of sp³-hybridized carbons (Fsp3) is 0.417. The Labute approximate surface area is 105 Å². The van der Waals surface area contributed by atoms with E-state index >= 15 is 0 Å². The molecule has 0 aromatic heterocycles. The molecule has 4 nitrogen and oxygen atoms in total. The third-order valence-electron chi connectivity index (χ3n) is 2.49. The Bertz CT molecular complexity index is 429. The van der Waals surface area contributed by atoms with Gasteiger partial charge in [-0.25, -0.2) is 4.79 Å². The van der Waals surface area contributed by atoms with Crippen molar-refractivity contribution in [2.75, 3.05) is 7.11 Å². The van der Waals surface area contributed by atoms with Crippen molar-refractivity contribution >= 4 is 17.6 Å². The molecule has 94 valence electrons. The zero-order valence-electron chi connectivity index (χ0n) is 9.90. The number of ether oxygens (including phenoxy) is 1. The van der Waals surface area contributed by atoms with Crippen molar-refractivity contribution in [1.29, 1.82) is 0 Å². The summed E-state index contributed by atoms with van der Waals surface area (Å²) in [7, 11) is 1.16. The molecule has 1 atom stereocenters. The summed E-state index contributed by atoms with van der Waals surface area (Å²) in [5, 5.41) is 19.8. The molecule has 0 aliphatic carbocycles. The van der Waals surface area contributed by atoms with E-state index in [0.717, 1.165) is 12.7 Å². The van der Waals surface area contributed by atoms with Crippen molar-refractivity contribution in [3.05, 3.63) is 28.3 Å². The van der Waals surface area contributed by atoms with E-state index in [9.17, 15) is 15.0 Å². The van der Waals surface area contributed by atoms with E-state index < -0.39 is 12.1 Å². The van der Waals surface area contributed by atoms with Crippen LogP contribution in [0.5, 0.6) is 5.75 Å². The summed E-state index contributed by atoms with van der Waals surface area (Å²) >= 11 is 6.01. The van der Waals surface area contributed by atoms with Crippen molar-refractivity contribution in [1.82, 2.24) is 0 Å². The number of aliphatic hydroxyl groups is 1. The number of phenols is 1. The van der Waals surface area contributed by atoms with Crippen LogP contribution in [0.15, 0.2) is 12.1 Å². The molecule has 0 aliphatic rings. The number of carbonyl (C=O) groups excluding carboxylic acids is 1. The number of aliphatic hydroxyl groups excluding tert-OH is 1. The molecule has 0 fully saturated rings. The SMILES string of the molecule is COC(=O)C(O)c1cc(Cl)c(C(C)C)cc1O. The predicted octanol–water partition coefficient (Wildman–Crippen LogP) is 2.38. The highest BCUT2D eigenvalue weighted by molar-refractivity contribution is 6.31. The molecule has 5 heteroatoms. The minimum absolute atomic E-state index is 0.0475. The molecule has 0 radical (unpaired) electrons. The Morgan fingerprint density at radius 1 is 1.35 bits per heavy atom. The fourth-order valence-corrected chi connectivity index (χ4v) is 1.88. The monoisotopic (exact) mass is 258 g/mol. The number of methoxy groups -OCH3 is 1. The van der Waals surface area contributed by atoms with Crippen molar-refractivity contribution in [2.24, 2.45) is 0 Å². The third-order valence-corrected chi connectivity index (χ3v) is 2.81. The Balaban J connectivity index is 3.20. The highest BCUT2D eigenvalue weighted by Gasteiger charge is 2.23.